The molecule has 2 N–H and O–H groups in total. The molecule has 4 heteroatoms. The van der Waals surface area contributed by atoms with Crippen molar-refractivity contribution in [3.8, 4) is 0 Å². The Bertz CT molecular complexity index is 300. The van der Waals surface area contributed by atoms with Crippen molar-refractivity contribution in [3.05, 3.63) is 23.9 Å². The smallest absolute Gasteiger partial charge is 0.128 e. The third-order valence-electron chi connectivity index (χ3n) is 2.67. The van der Waals surface area contributed by atoms with Crippen molar-refractivity contribution in [2.45, 2.75) is 19.4 Å². The molecular formula is C12H21N3O. The SMILES string of the molecule is COCC(C)N(C)c1ccc(CCN)cn1. The van der Waals surface area contributed by atoms with Gasteiger partial charge < -0.3 is 15.4 Å². The molecule has 1 heterocycles. The van der Waals surface area contributed by atoms with E-state index < -0.39 is 0 Å². The highest BCUT2D eigenvalue weighted by atomic mass is 16.5. The number of nitrogens with zero attached hydrogens (tertiary/aromatic N) is 2. The normalized spacial score (nSPS) is 12.5. The van der Waals surface area contributed by atoms with E-state index in [1.54, 1.807) is 7.11 Å². The summed E-state index contributed by atoms with van der Waals surface area (Å²) in [6.45, 7) is 3.47. The van der Waals surface area contributed by atoms with Gasteiger partial charge in [0, 0.05) is 20.4 Å². The number of ether oxygens (including phenoxy) is 1. The molecular weight excluding hydrogens is 202 g/mol. The van der Waals surface area contributed by atoms with Crippen LogP contribution in [0, 0.1) is 0 Å². The fourth-order valence-electron chi connectivity index (χ4n) is 1.52. The van der Waals surface area contributed by atoms with Crippen LogP contribution in [0.25, 0.3) is 0 Å². The molecule has 4 nitrogen and oxygen atoms in total. The van der Waals surface area contributed by atoms with Gasteiger partial charge in [-0.1, -0.05) is 6.07 Å². The van der Waals surface area contributed by atoms with Crippen molar-refractivity contribution in [1.29, 1.82) is 0 Å². The number of pyridine rings is 1. The largest absolute Gasteiger partial charge is 0.383 e. The number of aromatic nitrogens is 1. The molecule has 0 spiro atoms. The van der Waals surface area contributed by atoms with Crippen LogP contribution in [-0.2, 0) is 11.2 Å². The highest BCUT2D eigenvalue weighted by Gasteiger charge is 2.10. The molecule has 0 saturated heterocycles. The summed E-state index contributed by atoms with van der Waals surface area (Å²) in [6.07, 6.45) is 2.77. The van der Waals surface area contributed by atoms with Crippen LogP contribution in [0.3, 0.4) is 0 Å². The highest BCUT2D eigenvalue weighted by Crippen LogP contribution is 2.12. The standard InChI is InChI=1S/C12H21N3O/c1-10(9-16-3)15(2)12-5-4-11(6-7-13)8-14-12/h4-5,8,10H,6-7,9,13H2,1-3H3. The van der Waals surface area contributed by atoms with Gasteiger partial charge in [-0.15, -0.1) is 0 Å². The molecule has 0 bridgehead atoms. The molecule has 0 aliphatic carbocycles. The zero-order valence-electron chi connectivity index (χ0n) is 10.3. The Hall–Kier alpha value is -1.13. The zero-order chi connectivity index (χ0) is 12.0. The number of rotatable bonds is 6. The van der Waals surface area contributed by atoms with E-state index in [1.165, 1.54) is 5.56 Å². The van der Waals surface area contributed by atoms with Crippen molar-refractivity contribution < 1.29 is 4.74 Å². The Morgan fingerprint density at radius 3 is 2.75 bits per heavy atom. The number of methoxy groups -OCH3 is 1. The fraction of sp³-hybridized carbons (Fsp3) is 0.583. The van der Waals surface area contributed by atoms with Crippen LogP contribution in [0.1, 0.15) is 12.5 Å². The summed E-state index contributed by atoms with van der Waals surface area (Å²) in [5.74, 6) is 0.963. The molecule has 90 valence electrons. The van der Waals surface area contributed by atoms with Gasteiger partial charge in [-0.05, 0) is 31.5 Å². The third kappa shape index (κ3) is 3.47. The number of anilines is 1. The first-order chi connectivity index (χ1) is 7.69. The van der Waals surface area contributed by atoms with Crippen LogP contribution in [-0.4, -0.2) is 38.3 Å². The van der Waals surface area contributed by atoms with Crippen LogP contribution in [0.2, 0.25) is 0 Å². The van der Waals surface area contributed by atoms with Crippen LogP contribution in [0.4, 0.5) is 5.82 Å². The summed E-state index contributed by atoms with van der Waals surface area (Å²) in [5, 5.41) is 0. The molecule has 1 atom stereocenters. The molecule has 0 aliphatic rings. The van der Waals surface area contributed by atoms with Gasteiger partial charge in [-0.25, -0.2) is 4.98 Å². The average molecular weight is 223 g/mol. The number of hydrogen-bond donors (Lipinski definition) is 1. The summed E-state index contributed by atoms with van der Waals surface area (Å²) in [4.78, 5) is 6.52. The minimum Gasteiger partial charge on any atom is -0.383 e. The van der Waals surface area contributed by atoms with Crippen molar-refractivity contribution in [2.75, 3.05) is 32.2 Å². The Labute approximate surface area is 97.4 Å². The van der Waals surface area contributed by atoms with Crippen molar-refractivity contribution in [2.24, 2.45) is 5.73 Å². The second kappa shape index (κ2) is 6.45. The Morgan fingerprint density at radius 2 is 2.25 bits per heavy atom. The van der Waals surface area contributed by atoms with Crippen molar-refractivity contribution in [1.82, 2.24) is 4.98 Å². The van der Waals surface area contributed by atoms with Crippen LogP contribution >= 0.6 is 0 Å². The van der Waals surface area contributed by atoms with Gasteiger partial charge in [0.2, 0.25) is 0 Å². The molecule has 0 radical (unpaired) electrons. The van der Waals surface area contributed by atoms with E-state index in [0.29, 0.717) is 19.2 Å². The highest BCUT2D eigenvalue weighted by molar-refractivity contribution is 5.39. The molecule has 0 saturated carbocycles. The van der Waals surface area contributed by atoms with Gasteiger partial charge in [0.05, 0.1) is 12.6 Å². The lowest BCUT2D eigenvalue weighted by atomic mass is 10.2. The first kappa shape index (κ1) is 12.9. The van der Waals surface area contributed by atoms with E-state index in [1.807, 2.05) is 19.3 Å². The lowest BCUT2D eigenvalue weighted by Crippen LogP contribution is -2.33. The summed E-state index contributed by atoms with van der Waals surface area (Å²) in [5.41, 5.74) is 6.67. The molecule has 0 fully saturated rings. The Kier molecular flexibility index (Phi) is 5.22. The maximum Gasteiger partial charge on any atom is 0.128 e. The average Bonchev–Trinajstić information content (AvgIpc) is 2.30. The van der Waals surface area contributed by atoms with Gasteiger partial charge in [-0.2, -0.15) is 0 Å². The summed E-state index contributed by atoms with van der Waals surface area (Å²) < 4.78 is 5.12. The predicted molar refractivity (Wildman–Crippen MR) is 66.7 cm³/mol. The predicted octanol–water partition coefficient (Wildman–Crippen LogP) is 1.05. The molecule has 1 rings (SSSR count). The molecule has 16 heavy (non-hydrogen) atoms. The molecule has 1 aromatic heterocycles. The van der Waals surface area contributed by atoms with Crippen LogP contribution in [0.15, 0.2) is 18.3 Å². The van der Waals surface area contributed by atoms with E-state index in [9.17, 15) is 0 Å². The van der Waals surface area contributed by atoms with Crippen molar-refractivity contribution >= 4 is 5.82 Å². The van der Waals surface area contributed by atoms with E-state index in [4.69, 9.17) is 10.5 Å². The van der Waals surface area contributed by atoms with Gasteiger partial charge >= 0.3 is 0 Å². The number of hydrogen-bond acceptors (Lipinski definition) is 4. The fourth-order valence-corrected chi connectivity index (χ4v) is 1.52. The Balaban J connectivity index is 2.65. The van der Waals surface area contributed by atoms with Gasteiger partial charge in [0.15, 0.2) is 0 Å². The maximum atomic E-state index is 5.49. The Morgan fingerprint density at radius 1 is 1.50 bits per heavy atom. The van der Waals surface area contributed by atoms with Gasteiger partial charge in [0.25, 0.3) is 0 Å². The summed E-state index contributed by atoms with van der Waals surface area (Å²) in [7, 11) is 3.73. The molecule has 0 aliphatic heterocycles. The second-order valence-corrected chi connectivity index (χ2v) is 3.98. The van der Waals surface area contributed by atoms with E-state index in [2.05, 4.69) is 22.9 Å². The number of nitrogens with two attached hydrogens (primary N) is 1. The summed E-state index contributed by atoms with van der Waals surface area (Å²) in [6, 6.07) is 4.42. The maximum absolute atomic E-state index is 5.49. The minimum absolute atomic E-state index is 0.317. The summed E-state index contributed by atoms with van der Waals surface area (Å²) >= 11 is 0. The lowest BCUT2D eigenvalue weighted by Gasteiger charge is -2.25. The van der Waals surface area contributed by atoms with Crippen molar-refractivity contribution in [3.63, 3.8) is 0 Å². The number of likely N-dealkylation sites (N-methyl/N-ethyl adjacent to an activating group) is 1. The quantitative estimate of drug-likeness (QED) is 0.783. The van der Waals surface area contributed by atoms with E-state index in [-0.39, 0.29) is 0 Å². The molecule has 1 unspecified atom stereocenters. The topological polar surface area (TPSA) is 51.4 Å². The molecule has 1 aromatic rings. The van der Waals surface area contributed by atoms with E-state index in [0.717, 1.165) is 12.2 Å². The molecule has 0 aromatic carbocycles. The van der Waals surface area contributed by atoms with Crippen LogP contribution < -0.4 is 10.6 Å². The van der Waals surface area contributed by atoms with Gasteiger partial charge in [0.1, 0.15) is 5.82 Å². The lowest BCUT2D eigenvalue weighted by molar-refractivity contribution is 0.183. The first-order valence-electron chi connectivity index (χ1n) is 5.55. The first-order valence-corrected chi connectivity index (χ1v) is 5.55. The minimum atomic E-state index is 0.317. The zero-order valence-corrected chi connectivity index (χ0v) is 10.3. The van der Waals surface area contributed by atoms with Gasteiger partial charge in [-0.3, -0.25) is 0 Å². The monoisotopic (exact) mass is 223 g/mol. The van der Waals surface area contributed by atoms with Crippen LogP contribution in [0.5, 0.6) is 0 Å². The molecule has 0 amide bonds. The second-order valence-electron chi connectivity index (χ2n) is 3.98. The third-order valence-corrected chi connectivity index (χ3v) is 2.67. The van der Waals surface area contributed by atoms with E-state index >= 15 is 0 Å².